The minimum absolute atomic E-state index is 0.188. The second-order valence-corrected chi connectivity index (χ2v) is 9.02. The standard InChI is InChI=1S/C21H40N4O3/c1-21(2,3)28-20(26)25-13-5-7-17(15-25)10-12-24-19(22-4)23-11-6-14-27-16-18-8-9-18/h17-18H,5-16H2,1-4H3,(H2,22,23,24). The van der Waals surface area contributed by atoms with Crippen molar-refractivity contribution in [1.82, 2.24) is 15.5 Å². The number of aliphatic imine (C=N–C) groups is 1. The van der Waals surface area contributed by atoms with Gasteiger partial charge in [-0.15, -0.1) is 0 Å². The molecule has 1 atom stereocenters. The summed E-state index contributed by atoms with van der Waals surface area (Å²) in [5, 5.41) is 6.72. The van der Waals surface area contributed by atoms with Crippen LogP contribution in [0.15, 0.2) is 4.99 Å². The van der Waals surface area contributed by atoms with Gasteiger partial charge in [0, 0.05) is 46.4 Å². The van der Waals surface area contributed by atoms with Gasteiger partial charge in [-0.3, -0.25) is 4.99 Å². The third-order valence-electron chi connectivity index (χ3n) is 5.05. The molecule has 0 bridgehead atoms. The number of nitrogens with one attached hydrogen (secondary N) is 2. The Labute approximate surface area is 170 Å². The largest absolute Gasteiger partial charge is 0.444 e. The monoisotopic (exact) mass is 396 g/mol. The summed E-state index contributed by atoms with van der Waals surface area (Å²) in [4.78, 5) is 18.4. The molecule has 7 nitrogen and oxygen atoms in total. The van der Waals surface area contributed by atoms with Gasteiger partial charge in [0.05, 0.1) is 0 Å². The minimum atomic E-state index is -0.438. The van der Waals surface area contributed by atoms with Crippen LogP contribution in [0, 0.1) is 11.8 Å². The van der Waals surface area contributed by atoms with Gasteiger partial charge in [-0.25, -0.2) is 4.79 Å². The molecule has 7 heteroatoms. The summed E-state index contributed by atoms with van der Waals surface area (Å²) in [6.45, 7) is 10.8. The number of rotatable bonds is 9. The van der Waals surface area contributed by atoms with E-state index in [9.17, 15) is 4.79 Å². The number of carbonyl (C=O) groups is 1. The van der Waals surface area contributed by atoms with Crippen LogP contribution < -0.4 is 10.6 Å². The van der Waals surface area contributed by atoms with Gasteiger partial charge < -0.3 is 25.0 Å². The zero-order chi connectivity index (χ0) is 20.4. The molecule has 2 rings (SSSR count). The predicted octanol–water partition coefficient (Wildman–Crippen LogP) is 3.01. The normalized spacial score (nSPS) is 20.8. The molecule has 1 saturated heterocycles. The van der Waals surface area contributed by atoms with Gasteiger partial charge in [-0.05, 0) is 71.1 Å². The minimum Gasteiger partial charge on any atom is -0.444 e. The zero-order valence-electron chi connectivity index (χ0n) is 18.3. The molecule has 0 radical (unpaired) electrons. The lowest BCUT2D eigenvalue weighted by molar-refractivity contribution is 0.0162. The van der Waals surface area contributed by atoms with E-state index < -0.39 is 5.60 Å². The number of nitrogens with zero attached hydrogens (tertiary/aromatic N) is 2. The first kappa shape index (κ1) is 22.8. The Balaban J connectivity index is 1.56. The molecule has 0 aromatic carbocycles. The van der Waals surface area contributed by atoms with Crippen LogP contribution in [0.3, 0.4) is 0 Å². The highest BCUT2D eigenvalue weighted by Crippen LogP contribution is 2.28. The van der Waals surface area contributed by atoms with Crippen molar-refractivity contribution < 1.29 is 14.3 Å². The van der Waals surface area contributed by atoms with Crippen LogP contribution in [0.4, 0.5) is 4.79 Å². The van der Waals surface area contributed by atoms with E-state index in [-0.39, 0.29) is 6.09 Å². The number of carbonyl (C=O) groups excluding carboxylic acids is 1. The quantitative estimate of drug-likeness (QED) is 0.356. The molecule has 162 valence electrons. The van der Waals surface area contributed by atoms with Crippen molar-refractivity contribution in [3.05, 3.63) is 0 Å². The van der Waals surface area contributed by atoms with Crippen LogP contribution in [0.25, 0.3) is 0 Å². The van der Waals surface area contributed by atoms with Crippen LogP contribution in [-0.4, -0.2) is 69.0 Å². The van der Waals surface area contributed by atoms with Gasteiger partial charge >= 0.3 is 6.09 Å². The van der Waals surface area contributed by atoms with E-state index in [0.717, 1.165) is 77.0 Å². The SMILES string of the molecule is CN=C(NCCCOCC1CC1)NCCC1CCCN(C(=O)OC(C)(C)C)C1. The Morgan fingerprint density at radius 1 is 1.14 bits per heavy atom. The average Bonchev–Trinajstić information content (AvgIpc) is 3.46. The van der Waals surface area contributed by atoms with Crippen molar-refractivity contribution in [2.24, 2.45) is 16.8 Å². The van der Waals surface area contributed by atoms with Crippen molar-refractivity contribution in [3.8, 4) is 0 Å². The Morgan fingerprint density at radius 3 is 2.57 bits per heavy atom. The summed E-state index contributed by atoms with van der Waals surface area (Å²) in [7, 11) is 1.80. The van der Waals surface area contributed by atoms with Crippen LogP contribution >= 0.6 is 0 Å². The number of hydrogen-bond acceptors (Lipinski definition) is 4. The van der Waals surface area contributed by atoms with Crippen molar-refractivity contribution in [3.63, 3.8) is 0 Å². The molecule has 1 aliphatic carbocycles. The fourth-order valence-corrected chi connectivity index (χ4v) is 3.32. The van der Waals surface area contributed by atoms with Crippen LogP contribution in [0.1, 0.15) is 59.3 Å². The Kier molecular flexibility index (Phi) is 9.35. The van der Waals surface area contributed by atoms with Gasteiger partial charge in [-0.1, -0.05) is 0 Å². The second-order valence-electron chi connectivity index (χ2n) is 9.02. The summed E-state index contributed by atoms with van der Waals surface area (Å²) >= 11 is 0. The van der Waals surface area contributed by atoms with Crippen LogP contribution in [-0.2, 0) is 9.47 Å². The molecule has 0 aromatic rings. The van der Waals surface area contributed by atoms with E-state index in [0.29, 0.717) is 5.92 Å². The number of piperidine rings is 1. The molecular formula is C21H40N4O3. The molecule has 1 aliphatic heterocycles. The Bertz CT molecular complexity index is 500. The van der Waals surface area contributed by atoms with Crippen molar-refractivity contribution in [1.29, 1.82) is 0 Å². The van der Waals surface area contributed by atoms with Gasteiger partial charge in [-0.2, -0.15) is 0 Å². The molecule has 1 amide bonds. The highest BCUT2D eigenvalue weighted by molar-refractivity contribution is 5.79. The van der Waals surface area contributed by atoms with E-state index >= 15 is 0 Å². The number of guanidine groups is 1. The van der Waals surface area contributed by atoms with Gasteiger partial charge in [0.2, 0.25) is 0 Å². The molecule has 0 aromatic heterocycles. The summed E-state index contributed by atoms with van der Waals surface area (Å²) < 4.78 is 11.2. The fraction of sp³-hybridized carbons (Fsp3) is 0.905. The van der Waals surface area contributed by atoms with Crippen molar-refractivity contribution >= 4 is 12.1 Å². The first-order chi connectivity index (χ1) is 13.4. The summed E-state index contributed by atoms with van der Waals surface area (Å²) in [5.41, 5.74) is -0.438. The van der Waals surface area contributed by atoms with E-state index in [1.807, 2.05) is 25.7 Å². The molecule has 2 N–H and O–H groups in total. The molecule has 2 fully saturated rings. The lowest BCUT2D eigenvalue weighted by atomic mass is 9.95. The third kappa shape index (κ3) is 9.62. The maximum Gasteiger partial charge on any atom is 0.410 e. The summed E-state index contributed by atoms with van der Waals surface area (Å²) in [6, 6.07) is 0. The second kappa shape index (κ2) is 11.5. The average molecular weight is 397 g/mol. The fourth-order valence-electron chi connectivity index (χ4n) is 3.32. The maximum atomic E-state index is 12.3. The zero-order valence-corrected chi connectivity index (χ0v) is 18.3. The highest BCUT2D eigenvalue weighted by Gasteiger charge is 2.27. The van der Waals surface area contributed by atoms with Crippen LogP contribution in [0.5, 0.6) is 0 Å². The van der Waals surface area contributed by atoms with Crippen LogP contribution in [0.2, 0.25) is 0 Å². The smallest absolute Gasteiger partial charge is 0.410 e. The molecule has 1 unspecified atom stereocenters. The predicted molar refractivity (Wildman–Crippen MR) is 113 cm³/mol. The molecule has 28 heavy (non-hydrogen) atoms. The van der Waals surface area contributed by atoms with Gasteiger partial charge in [0.15, 0.2) is 5.96 Å². The van der Waals surface area contributed by atoms with E-state index in [1.165, 1.54) is 12.8 Å². The molecular weight excluding hydrogens is 356 g/mol. The lowest BCUT2D eigenvalue weighted by Crippen LogP contribution is -2.44. The number of ether oxygens (including phenoxy) is 2. The van der Waals surface area contributed by atoms with Crippen molar-refractivity contribution in [2.45, 2.75) is 64.9 Å². The Morgan fingerprint density at radius 2 is 1.89 bits per heavy atom. The van der Waals surface area contributed by atoms with Gasteiger partial charge in [0.25, 0.3) is 0 Å². The molecule has 0 spiro atoms. The topological polar surface area (TPSA) is 75.2 Å². The number of amides is 1. The first-order valence-corrected chi connectivity index (χ1v) is 10.9. The maximum absolute atomic E-state index is 12.3. The lowest BCUT2D eigenvalue weighted by Gasteiger charge is -2.34. The van der Waals surface area contributed by atoms with E-state index in [1.54, 1.807) is 7.05 Å². The molecule has 1 heterocycles. The third-order valence-corrected chi connectivity index (χ3v) is 5.05. The molecule has 1 saturated carbocycles. The van der Waals surface area contributed by atoms with Gasteiger partial charge in [0.1, 0.15) is 5.60 Å². The number of likely N-dealkylation sites (tertiary alicyclic amines) is 1. The Hall–Kier alpha value is -1.50. The van der Waals surface area contributed by atoms with E-state index in [4.69, 9.17) is 9.47 Å². The number of hydrogen-bond donors (Lipinski definition) is 2. The van der Waals surface area contributed by atoms with Crippen molar-refractivity contribution in [2.75, 3.05) is 46.4 Å². The highest BCUT2D eigenvalue weighted by atomic mass is 16.6. The first-order valence-electron chi connectivity index (χ1n) is 10.9. The summed E-state index contributed by atoms with van der Waals surface area (Å²) in [5.74, 6) is 2.16. The van der Waals surface area contributed by atoms with E-state index in [2.05, 4.69) is 15.6 Å². The summed E-state index contributed by atoms with van der Waals surface area (Å²) in [6.07, 6.45) is 6.69. The molecule has 2 aliphatic rings.